The maximum atomic E-state index is 9.08. The monoisotopic (exact) mass is 166 g/mol. The highest BCUT2D eigenvalue weighted by atomic mass is 16.3. The van der Waals surface area contributed by atoms with Gasteiger partial charge >= 0.3 is 0 Å². The van der Waals surface area contributed by atoms with Crippen LogP contribution in [-0.2, 0) is 0 Å². The van der Waals surface area contributed by atoms with Crippen molar-refractivity contribution in [3.63, 3.8) is 0 Å². The maximum absolute atomic E-state index is 9.08. The summed E-state index contributed by atoms with van der Waals surface area (Å²) < 4.78 is 0. The first kappa shape index (κ1) is 8.31. The number of allylic oxidation sites excluding steroid dienone is 2. The van der Waals surface area contributed by atoms with Crippen molar-refractivity contribution in [2.24, 2.45) is 17.8 Å². The van der Waals surface area contributed by atoms with E-state index in [4.69, 9.17) is 5.11 Å². The van der Waals surface area contributed by atoms with Crippen molar-refractivity contribution < 1.29 is 5.11 Å². The van der Waals surface area contributed by atoms with Gasteiger partial charge in [0.05, 0.1) is 0 Å². The van der Waals surface area contributed by atoms with Crippen LogP contribution in [0, 0.1) is 17.8 Å². The first-order valence-electron chi connectivity index (χ1n) is 5.08. The van der Waals surface area contributed by atoms with Crippen LogP contribution >= 0.6 is 0 Å². The van der Waals surface area contributed by atoms with E-state index in [2.05, 4.69) is 13.0 Å². The summed E-state index contributed by atoms with van der Waals surface area (Å²) in [4.78, 5) is 0. The first-order chi connectivity index (χ1) is 5.78. The maximum Gasteiger partial charge on any atom is 0.0462 e. The molecule has 0 spiro atoms. The SMILES string of the molecule is CC1C=C2CC(CO)CC(C2)C1. The lowest BCUT2D eigenvalue weighted by molar-refractivity contribution is 0.168. The van der Waals surface area contributed by atoms with Crippen LogP contribution in [-0.4, -0.2) is 11.7 Å². The second-order valence-corrected chi connectivity index (χ2v) is 4.60. The summed E-state index contributed by atoms with van der Waals surface area (Å²) in [6, 6.07) is 0. The zero-order valence-electron chi connectivity index (χ0n) is 7.79. The molecule has 1 fully saturated rings. The number of rotatable bonds is 1. The molecule has 2 aliphatic rings. The van der Waals surface area contributed by atoms with Gasteiger partial charge in [-0.2, -0.15) is 0 Å². The van der Waals surface area contributed by atoms with Crippen LogP contribution in [0.1, 0.15) is 32.6 Å². The fourth-order valence-electron chi connectivity index (χ4n) is 2.91. The number of fused-ring (bicyclic) bond motifs is 2. The van der Waals surface area contributed by atoms with Gasteiger partial charge in [-0.1, -0.05) is 18.6 Å². The predicted molar refractivity (Wildman–Crippen MR) is 49.8 cm³/mol. The highest BCUT2D eigenvalue weighted by Gasteiger charge is 2.28. The van der Waals surface area contributed by atoms with Crippen LogP contribution in [0.15, 0.2) is 11.6 Å². The molecule has 2 aliphatic carbocycles. The Morgan fingerprint density at radius 1 is 1.42 bits per heavy atom. The molecule has 1 N–H and O–H groups in total. The number of hydrogen-bond acceptors (Lipinski definition) is 1. The lowest BCUT2D eigenvalue weighted by Gasteiger charge is -2.35. The number of aliphatic hydroxyl groups excluding tert-OH is 1. The third-order valence-electron chi connectivity index (χ3n) is 3.25. The Morgan fingerprint density at radius 2 is 2.25 bits per heavy atom. The summed E-state index contributed by atoms with van der Waals surface area (Å²) in [6.45, 7) is 2.70. The van der Waals surface area contributed by atoms with E-state index in [0.29, 0.717) is 12.5 Å². The van der Waals surface area contributed by atoms with E-state index in [0.717, 1.165) is 18.3 Å². The van der Waals surface area contributed by atoms with Crippen molar-refractivity contribution in [1.29, 1.82) is 0 Å². The number of hydrogen-bond donors (Lipinski definition) is 1. The van der Waals surface area contributed by atoms with Gasteiger partial charge in [-0.3, -0.25) is 0 Å². The molecule has 0 radical (unpaired) electrons. The zero-order valence-corrected chi connectivity index (χ0v) is 7.79. The van der Waals surface area contributed by atoms with E-state index in [-0.39, 0.29) is 0 Å². The fraction of sp³-hybridized carbons (Fsp3) is 0.818. The van der Waals surface area contributed by atoms with Gasteiger partial charge in [0.15, 0.2) is 0 Å². The van der Waals surface area contributed by atoms with Crippen LogP contribution < -0.4 is 0 Å². The number of aliphatic hydroxyl groups is 1. The summed E-state index contributed by atoms with van der Waals surface area (Å²) in [5.41, 5.74) is 1.61. The van der Waals surface area contributed by atoms with Crippen LogP contribution in [0.25, 0.3) is 0 Å². The quantitative estimate of drug-likeness (QED) is 0.593. The van der Waals surface area contributed by atoms with Crippen LogP contribution in [0.4, 0.5) is 0 Å². The molecule has 1 saturated carbocycles. The molecular weight excluding hydrogens is 148 g/mol. The van der Waals surface area contributed by atoms with Gasteiger partial charge in [-0.25, -0.2) is 0 Å². The second kappa shape index (κ2) is 3.21. The van der Waals surface area contributed by atoms with Crippen molar-refractivity contribution in [3.05, 3.63) is 11.6 Å². The summed E-state index contributed by atoms with van der Waals surface area (Å²) in [7, 11) is 0. The van der Waals surface area contributed by atoms with Gasteiger partial charge in [-0.05, 0) is 43.4 Å². The van der Waals surface area contributed by atoms with Gasteiger partial charge in [0.2, 0.25) is 0 Å². The largest absolute Gasteiger partial charge is 0.396 e. The highest BCUT2D eigenvalue weighted by Crippen LogP contribution is 2.40. The lowest BCUT2D eigenvalue weighted by Crippen LogP contribution is -2.24. The summed E-state index contributed by atoms with van der Waals surface area (Å²) in [6.07, 6.45) is 7.52. The molecule has 0 aliphatic heterocycles. The average molecular weight is 166 g/mol. The Balaban J connectivity index is 2.09. The fourth-order valence-corrected chi connectivity index (χ4v) is 2.91. The Kier molecular flexibility index (Phi) is 2.22. The molecule has 2 rings (SSSR count). The molecule has 0 heterocycles. The van der Waals surface area contributed by atoms with Crippen molar-refractivity contribution >= 4 is 0 Å². The van der Waals surface area contributed by atoms with Gasteiger partial charge in [-0.15, -0.1) is 0 Å². The summed E-state index contributed by atoms with van der Waals surface area (Å²) in [5.74, 6) is 2.24. The topological polar surface area (TPSA) is 20.2 Å². The molecule has 68 valence electrons. The van der Waals surface area contributed by atoms with Gasteiger partial charge in [0.25, 0.3) is 0 Å². The van der Waals surface area contributed by atoms with E-state index in [1.54, 1.807) is 5.57 Å². The van der Waals surface area contributed by atoms with Gasteiger partial charge in [0.1, 0.15) is 0 Å². The molecule has 0 saturated heterocycles. The molecule has 0 aromatic rings. The molecule has 3 unspecified atom stereocenters. The van der Waals surface area contributed by atoms with Crippen LogP contribution in [0.3, 0.4) is 0 Å². The predicted octanol–water partition coefficient (Wildman–Crippen LogP) is 2.36. The van der Waals surface area contributed by atoms with Crippen molar-refractivity contribution in [2.45, 2.75) is 32.6 Å². The van der Waals surface area contributed by atoms with E-state index < -0.39 is 0 Å². The lowest BCUT2D eigenvalue weighted by atomic mass is 9.71. The molecule has 0 aromatic carbocycles. The van der Waals surface area contributed by atoms with E-state index in [1.165, 1.54) is 19.3 Å². The Labute approximate surface area is 74.5 Å². The molecule has 1 heteroatoms. The van der Waals surface area contributed by atoms with E-state index in [9.17, 15) is 0 Å². The molecule has 0 aromatic heterocycles. The molecule has 12 heavy (non-hydrogen) atoms. The third-order valence-corrected chi connectivity index (χ3v) is 3.25. The normalized spacial score (nSPS) is 40.8. The first-order valence-corrected chi connectivity index (χ1v) is 5.08. The average Bonchev–Trinajstić information content (AvgIpc) is 2.02. The van der Waals surface area contributed by atoms with Crippen LogP contribution in [0.2, 0.25) is 0 Å². The standard InChI is InChI=1S/C11H18O/c1-8-2-9-4-10(3-8)6-11(5-9)7-12/h2,8,10-12H,3-7H2,1H3. The minimum Gasteiger partial charge on any atom is -0.396 e. The molecule has 2 bridgehead atoms. The minimum absolute atomic E-state index is 0.391. The summed E-state index contributed by atoms with van der Waals surface area (Å²) in [5, 5.41) is 9.08. The van der Waals surface area contributed by atoms with E-state index in [1.807, 2.05) is 0 Å². The zero-order chi connectivity index (χ0) is 8.55. The van der Waals surface area contributed by atoms with Gasteiger partial charge < -0.3 is 5.11 Å². The van der Waals surface area contributed by atoms with Gasteiger partial charge in [0, 0.05) is 6.61 Å². The molecule has 3 atom stereocenters. The third kappa shape index (κ3) is 1.56. The van der Waals surface area contributed by atoms with E-state index >= 15 is 0 Å². The molecule has 0 amide bonds. The van der Waals surface area contributed by atoms with Crippen LogP contribution in [0.5, 0.6) is 0 Å². The summed E-state index contributed by atoms with van der Waals surface area (Å²) >= 11 is 0. The van der Waals surface area contributed by atoms with Crippen molar-refractivity contribution in [2.75, 3.05) is 6.61 Å². The van der Waals surface area contributed by atoms with Crippen molar-refractivity contribution in [3.8, 4) is 0 Å². The Hall–Kier alpha value is -0.300. The Bertz CT molecular complexity index is 195. The second-order valence-electron chi connectivity index (χ2n) is 4.60. The molecule has 1 nitrogen and oxygen atoms in total. The molecular formula is C11H18O. The minimum atomic E-state index is 0.391. The smallest absolute Gasteiger partial charge is 0.0462 e. The highest BCUT2D eigenvalue weighted by molar-refractivity contribution is 5.13. The Morgan fingerprint density at radius 3 is 2.92 bits per heavy atom. The van der Waals surface area contributed by atoms with Crippen molar-refractivity contribution in [1.82, 2.24) is 0 Å².